The number of rotatable bonds is 4. The number of carboxylic acid groups (broad SMARTS) is 1. The maximum atomic E-state index is 12.4. The third kappa shape index (κ3) is 4.41. The average Bonchev–Trinajstić information content (AvgIpc) is 2.45. The van der Waals surface area contributed by atoms with Crippen LogP contribution in [0, 0.1) is 0 Å². The standard InChI is InChI=1S/C15H11F3O4/c16-15(17,18)11-3-1-10(2-4-11)9-21-12-5-7-13(8-6-12)22-14(19)20/h1-8H,9H2,(H,19,20). The van der Waals surface area contributed by atoms with Gasteiger partial charge in [0.1, 0.15) is 18.1 Å². The molecule has 0 atom stereocenters. The molecule has 0 unspecified atom stereocenters. The summed E-state index contributed by atoms with van der Waals surface area (Å²) in [6, 6.07) is 10.5. The molecule has 7 heteroatoms. The maximum Gasteiger partial charge on any atom is 0.511 e. The summed E-state index contributed by atoms with van der Waals surface area (Å²) in [5.74, 6) is 0.590. The number of halogens is 3. The number of benzene rings is 2. The van der Waals surface area contributed by atoms with Gasteiger partial charge in [-0.15, -0.1) is 0 Å². The first kappa shape index (κ1) is 15.7. The van der Waals surface area contributed by atoms with Gasteiger partial charge in [-0.2, -0.15) is 13.2 Å². The number of hydrogen-bond donors (Lipinski definition) is 1. The van der Waals surface area contributed by atoms with Crippen LogP contribution >= 0.6 is 0 Å². The molecule has 0 aliphatic carbocycles. The van der Waals surface area contributed by atoms with Gasteiger partial charge in [-0.25, -0.2) is 4.79 Å². The van der Waals surface area contributed by atoms with Crippen LogP contribution in [0.3, 0.4) is 0 Å². The lowest BCUT2D eigenvalue weighted by Gasteiger charge is -2.09. The van der Waals surface area contributed by atoms with Gasteiger partial charge in [-0.05, 0) is 42.0 Å². The lowest BCUT2D eigenvalue weighted by Crippen LogP contribution is -2.05. The van der Waals surface area contributed by atoms with E-state index in [2.05, 4.69) is 4.74 Å². The minimum Gasteiger partial charge on any atom is -0.489 e. The quantitative estimate of drug-likeness (QED) is 0.674. The van der Waals surface area contributed by atoms with Crippen molar-refractivity contribution in [1.82, 2.24) is 0 Å². The van der Waals surface area contributed by atoms with Crippen molar-refractivity contribution in [3.05, 3.63) is 59.7 Å². The summed E-state index contributed by atoms with van der Waals surface area (Å²) in [5.41, 5.74) is -0.134. The zero-order valence-corrected chi connectivity index (χ0v) is 11.1. The molecule has 22 heavy (non-hydrogen) atoms. The summed E-state index contributed by atoms with van der Waals surface area (Å²) < 4.78 is 47.1. The van der Waals surface area contributed by atoms with E-state index in [9.17, 15) is 18.0 Å². The molecule has 0 aliphatic heterocycles. The van der Waals surface area contributed by atoms with Crippen molar-refractivity contribution in [2.24, 2.45) is 0 Å². The van der Waals surface area contributed by atoms with Gasteiger partial charge in [0.2, 0.25) is 0 Å². The first-order valence-electron chi connectivity index (χ1n) is 6.14. The fraction of sp³-hybridized carbons (Fsp3) is 0.133. The molecule has 1 N–H and O–H groups in total. The molecular formula is C15H11F3O4. The summed E-state index contributed by atoms with van der Waals surface area (Å²) in [7, 11) is 0. The molecule has 2 aromatic rings. The molecule has 2 rings (SSSR count). The van der Waals surface area contributed by atoms with E-state index in [1.165, 1.54) is 36.4 Å². The topological polar surface area (TPSA) is 55.8 Å². The molecule has 0 bridgehead atoms. The number of hydrogen-bond acceptors (Lipinski definition) is 3. The van der Waals surface area contributed by atoms with Crippen molar-refractivity contribution in [2.45, 2.75) is 12.8 Å². The van der Waals surface area contributed by atoms with Gasteiger partial charge in [-0.1, -0.05) is 12.1 Å². The molecule has 0 amide bonds. The van der Waals surface area contributed by atoms with Crippen molar-refractivity contribution >= 4 is 6.16 Å². The monoisotopic (exact) mass is 312 g/mol. The van der Waals surface area contributed by atoms with E-state index in [0.29, 0.717) is 11.3 Å². The molecule has 0 radical (unpaired) electrons. The van der Waals surface area contributed by atoms with Crippen LogP contribution in [0.2, 0.25) is 0 Å². The second-order valence-corrected chi connectivity index (χ2v) is 4.32. The molecule has 0 aromatic heterocycles. The predicted molar refractivity (Wildman–Crippen MR) is 70.9 cm³/mol. The summed E-state index contributed by atoms with van der Waals surface area (Å²) in [5, 5.41) is 8.43. The summed E-state index contributed by atoms with van der Waals surface area (Å²) in [6.45, 7) is 0.0945. The van der Waals surface area contributed by atoms with Gasteiger partial charge in [0, 0.05) is 0 Å². The zero-order chi connectivity index (χ0) is 16.2. The Balaban J connectivity index is 1.94. The van der Waals surface area contributed by atoms with E-state index in [4.69, 9.17) is 9.84 Å². The fourth-order valence-corrected chi connectivity index (χ4v) is 1.66. The highest BCUT2D eigenvalue weighted by Gasteiger charge is 2.29. The fourth-order valence-electron chi connectivity index (χ4n) is 1.66. The Labute approximate surface area is 123 Å². The molecule has 0 aliphatic rings. The lowest BCUT2D eigenvalue weighted by molar-refractivity contribution is -0.137. The summed E-state index contributed by atoms with van der Waals surface area (Å²) in [6.07, 6.45) is -5.78. The van der Waals surface area contributed by atoms with Crippen LogP contribution in [0.15, 0.2) is 48.5 Å². The first-order valence-corrected chi connectivity index (χ1v) is 6.14. The van der Waals surface area contributed by atoms with Crippen LogP contribution in [0.1, 0.15) is 11.1 Å². The van der Waals surface area contributed by atoms with Gasteiger partial charge in [0.05, 0.1) is 5.56 Å². The van der Waals surface area contributed by atoms with Gasteiger partial charge >= 0.3 is 12.3 Å². The van der Waals surface area contributed by atoms with Crippen LogP contribution in [-0.2, 0) is 12.8 Å². The minimum absolute atomic E-state index is 0.0945. The Morgan fingerprint density at radius 3 is 2.00 bits per heavy atom. The Morgan fingerprint density at radius 1 is 0.955 bits per heavy atom. The van der Waals surface area contributed by atoms with Crippen molar-refractivity contribution in [3.8, 4) is 11.5 Å². The van der Waals surface area contributed by atoms with Gasteiger partial charge in [-0.3, -0.25) is 0 Å². The smallest absolute Gasteiger partial charge is 0.489 e. The zero-order valence-electron chi connectivity index (χ0n) is 11.1. The molecule has 0 fully saturated rings. The van der Waals surface area contributed by atoms with E-state index in [0.717, 1.165) is 12.1 Å². The number of ether oxygens (including phenoxy) is 2. The molecule has 0 saturated heterocycles. The highest BCUT2D eigenvalue weighted by molar-refractivity contribution is 5.61. The van der Waals surface area contributed by atoms with Gasteiger partial charge in [0.15, 0.2) is 0 Å². The van der Waals surface area contributed by atoms with Gasteiger partial charge in [0.25, 0.3) is 0 Å². The summed E-state index contributed by atoms with van der Waals surface area (Å²) in [4.78, 5) is 10.3. The van der Waals surface area contributed by atoms with Gasteiger partial charge < -0.3 is 14.6 Å². The number of carbonyl (C=O) groups is 1. The SMILES string of the molecule is O=C(O)Oc1ccc(OCc2ccc(C(F)(F)F)cc2)cc1. The maximum absolute atomic E-state index is 12.4. The molecule has 4 nitrogen and oxygen atoms in total. The largest absolute Gasteiger partial charge is 0.511 e. The molecule has 116 valence electrons. The second kappa shape index (κ2) is 6.38. The third-order valence-corrected chi connectivity index (χ3v) is 2.72. The molecule has 0 saturated carbocycles. The van der Waals surface area contributed by atoms with Crippen LogP contribution < -0.4 is 9.47 Å². The minimum atomic E-state index is -4.36. The lowest BCUT2D eigenvalue weighted by atomic mass is 10.1. The van der Waals surface area contributed by atoms with E-state index in [1.54, 1.807) is 0 Å². The molecule has 0 spiro atoms. The Morgan fingerprint density at radius 2 is 1.50 bits per heavy atom. The highest BCUT2D eigenvalue weighted by Crippen LogP contribution is 2.29. The molecule has 0 heterocycles. The van der Waals surface area contributed by atoms with Crippen molar-refractivity contribution in [2.75, 3.05) is 0 Å². The Hall–Kier alpha value is -2.70. The normalized spacial score (nSPS) is 11.0. The summed E-state index contributed by atoms with van der Waals surface area (Å²) >= 11 is 0. The van der Waals surface area contributed by atoms with E-state index in [-0.39, 0.29) is 12.4 Å². The van der Waals surface area contributed by atoms with Crippen molar-refractivity contribution in [3.63, 3.8) is 0 Å². The van der Waals surface area contributed by atoms with E-state index < -0.39 is 17.9 Å². The van der Waals surface area contributed by atoms with Crippen LogP contribution in [-0.4, -0.2) is 11.3 Å². The van der Waals surface area contributed by atoms with E-state index in [1.807, 2.05) is 0 Å². The van der Waals surface area contributed by atoms with Crippen molar-refractivity contribution in [1.29, 1.82) is 0 Å². The Kier molecular flexibility index (Phi) is 4.55. The number of alkyl halides is 3. The van der Waals surface area contributed by atoms with Crippen LogP contribution in [0.4, 0.5) is 18.0 Å². The third-order valence-electron chi connectivity index (χ3n) is 2.72. The average molecular weight is 312 g/mol. The van der Waals surface area contributed by atoms with Crippen LogP contribution in [0.5, 0.6) is 11.5 Å². The Bertz CT molecular complexity index is 633. The first-order chi connectivity index (χ1) is 10.3. The molecule has 2 aromatic carbocycles. The highest BCUT2D eigenvalue weighted by atomic mass is 19.4. The van der Waals surface area contributed by atoms with Crippen LogP contribution in [0.25, 0.3) is 0 Å². The molecular weight excluding hydrogens is 301 g/mol. The predicted octanol–water partition coefficient (Wildman–Crippen LogP) is 4.34. The van der Waals surface area contributed by atoms with Crippen molar-refractivity contribution < 1.29 is 32.5 Å². The second-order valence-electron chi connectivity index (χ2n) is 4.32. The van der Waals surface area contributed by atoms with E-state index >= 15 is 0 Å².